The number of nitrogens with one attached hydrogen (secondary N) is 1. The maximum absolute atomic E-state index is 4.93. The van der Waals surface area contributed by atoms with Crippen LogP contribution in [0.1, 0.15) is 12.5 Å². The zero-order valence-corrected chi connectivity index (χ0v) is 13.0. The van der Waals surface area contributed by atoms with E-state index in [1.54, 1.807) is 0 Å². The third kappa shape index (κ3) is 2.25. The Morgan fingerprint density at radius 3 is 2.64 bits per heavy atom. The Bertz CT molecular complexity index is 682. The number of para-hydroxylation sites is 1. The number of hydrogen-bond acceptors (Lipinski definition) is 6. The predicted molar refractivity (Wildman–Crippen MR) is 88.7 cm³/mol. The summed E-state index contributed by atoms with van der Waals surface area (Å²) in [5.74, 6) is 2.73. The fraction of sp³-hybridized carbons (Fsp3) is 0.375. The molecule has 3 aliphatic heterocycles. The standard InChI is InChI=1S/C16H20N6/c1-12-17-15-11-13-5-3-4-6-14(13)18-16(22(15)19-12)21-9-7-20(2)8-10-21/h3-6,11H,7-10H2,1-2H3,(H,17,19). The molecule has 6 heteroatoms. The SMILES string of the molecule is CC1=NC2=Cc3ccccc3N=C(N3CCN(C)CC3)N2N1. The molecule has 1 N–H and O–H groups in total. The quantitative estimate of drug-likeness (QED) is 0.787. The van der Waals surface area contributed by atoms with Gasteiger partial charge in [0.15, 0.2) is 5.82 Å². The van der Waals surface area contributed by atoms with Gasteiger partial charge in [-0.25, -0.2) is 15.0 Å². The van der Waals surface area contributed by atoms with Crippen molar-refractivity contribution in [1.29, 1.82) is 0 Å². The second kappa shape index (κ2) is 5.14. The molecule has 1 aromatic rings. The number of amidine groups is 1. The molecule has 0 bridgehead atoms. The average molecular weight is 296 g/mol. The van der Waals surface area contributed by atoms with E-state index in [2.05, 4.69) is 45.5 Å². The van der Waals surface area contributed by atoms with Gasteiger partial charge in [-0.2, -0.15) is 0 Å². The number of rotatable bonds is 0. The smallest absolute Gasteiger partial charge is 0.227 e. The Balaban J connectivity index is 1.77. The van der Waals surface area contributed by atoms with E-state index >= 15 is 0 Å². The van der Waals surface area contributed by atoms with Crippen LogP contribution in [-0.2, 0) is 0 Å². The molecule has 0 atom stereocenters. The summed E-state index contributed by atoms with van der Waals surface area (Å²) in [4.78, 5) is 14.2. The lowest BCUT2D eigenvalue weighted by molar-refractivity contribution is 0.199. The summed E-state index contributed by atoms with van der Waals surface area (Å²) in [6.45, 7) is 6.02. The largest absolute Gasteiger partial charge is 0.338 e. The van der Waals surface area contributed by atoms with Gasteiger partial charge in [0, 0.05) is 31.7 Å². The molecule has 0 amide bonds. The van der Waals surface area contributed by atoms with Crippen LogP contribution in [0.2, 0.25) is 0 Å². The predicted octanol–water partition coefficient (Wildman–Crippen LogP) is 1.47. The summed E-state index contributed by atoms with van der Waals surface area (Å²) in [5, 5.41) is 2.00. The van der Waals surface area contributed by atoms with Gasteiger partial charge in [0.05, 0.1) is 5.69 Å². The van der Waals surface area contributed by atoms with Gasteiger partial charge in [-0.3, -0.25) is 5.43 Å². The topological polar surface area (TPSA) is 46.5 Å². The molecule has 1 saturated heterocycles. The second-order valence-electron chi connectivity index (χ2n) is 5.91. The molecule has 0 aliphatic carbocycles. The van der Waals surface area contributed by atoms with E-state index < -0.39 is 0 Å². The number of nitrogens with zero attached hydrogens (tertiary/aromatic N) is 5. The summed E-state index contributed by atoms with van der Waals surface area (Å²) in [5.41, 5.74) is 5.42. The van der Waals surface area contributed by atoms with Crippen LogP contribution < -0.4 is 5.43 Å². The maximum atomic E-state index is 4.93. The van der Waals surface area contributed by atoms with Crippen LogP contribution in [0.5, 0.6) is 0 Å². The summed E-state index contributed by atoms with van der Waals surface area (Å²) in [7, 11) is 2.16. The van der Waals surface area contributed by atoms with Crippen LogP contribution in [0.25, 0.3) is 6.08 Å². The first-order valence-corrected chi connectivity index (χ1v) is 7.66. The highest BCUT2D eigenvalue weighted by atomic mass is 15.7. The third-order valence-electron chi connectivity index (χ3n) is 4.21. The Morgan fingerprint density at radius 1 is 1.05 bits per heavy atom. The van der Waals surface area contributed by atoms with Gasteiger partial charge in [0.2, 0.25) is 5.96 Å². The summed E-state index contributed by atoms with van der Waals surface area (Å²) >= 11 is 0. The van der Waals surface area contributed by atoms with Crippen molar-refractivity contribution >= 4 is 23.6 Å². The van der Waals surface area contributed by atoms with Gasteiger partial charge >= 0.3 is 0 Å². The molecule has 114 valence electrons. The number of aliphatic imine (C=N–C) groups is 2. The van der Waals surface area contributed by atoms with Gasteiger partial charge in [0.1, 0.15) is 5.84 Å². The Hall–Kier alpha value is -2.34. The highest BCUT2D eigenvalue weighted by Crippen LogP contribution is 2.29. The molecule has 0 spiro atoms. The monoisotopic (exact) mass is 296 g/mol. The molecule has 0 radical (unpaired) electrons. The number of hydrazine groups is 1. The lowest BCUT2D eigenvalue weighted by Gasteiger charge is -2.37. The van der Waals surface area contributed by atoms with E-state index in [0.29, 0.717) is 0 Å². The van der Waals surface area contributed by atoms with Gasteiger partial charge in [0.25, 0.3) is 0 Å². The number of likely N-dealkylation sites (N-methyl/N-ethyl adjacent to an activating group) is 1. The molecule has 22 heavy (non-hydrogen) atoms. The molecule has 0 aromatic heterocycles. The molecule has 0 saturated carbocycles. The number of guanidine groups is 1. The van der Waals surface area contributed by atoms with Gasteiger partial charge in [-0.1, -0.05) is 18.2 Å². The minimum Gasteiger partial charge on any atom is -0.338 e. The summed E-state index contributed by atoms with van der Waals surface area (Å²) in [6, 6.07) is 8.21. The van der Waals surface area contributed by atoms with Crippen molar-refractivity contribution in [1.82, 2.24) is 20.2 Å². The van der Waals surface area contributed by atoms with E-state index in [0.717, 1.165) is 55.0 Å². The molecule has 3 heterocycles. The lowest BCUT2D eigenvalue weighted by atomic mass is 10.2. The first-order valence-electron chi connectivity index (χ1n) is 7.66. The minimum absolute atomic E-state index is 0.896. The van der Waals surface area contributed by atoms with Crippen LogP contribution in [0.3, 0.4) is 0 Å². The van der Waals surface area contributed by atoms with Crippen molar-refractivity contribution in [2.75, 3.05) is 33.2 Å². The van der Waals surface area contributed by atoms with Crippen molar-refractivity contribution < 1.29 is 0 Å². The Morgan fingerprint density at radius 2 is 1.82 bits per heavy atom. The molecule has 0 unspecified atom stereocenters. The number of benzene rings is 1. The fourth-order valence-corrected chi connectivity index (χ4v) is 2.94. The zero-order chi connectivity index (χ0) is 15.1. The number of fused-ring (bicyclic) bond motifs is 2. The van der Waals surface area contributed by atoms with E-state index in [4.69, 9.17) is 4.99 Å². The van der Waals surface area contributed by atoms with Crippen LogP contribution in [0.4, 0.5) is 5.69 Å². The average Bonchev–Trinajstić information content (AvgIpc) is 2.80. The van der Waals surface area contributed by atoms with E-state index in [9.17, 15) is 0 Å². The summed E-state index contributed by atoms with van der Waals surface area (Å²) < 4.78 is 0. The van der Waals surface area contributed by atoms with E-state index in [-0.39, 0.29) is 0 Å². The molecule has 1 aromatic carbocycles. The van der Waals surface area contributed by atoms with Gasteiger partial charge < -0.3 is 9.80 Å². The van der Waals surface area contributed by atoms with Crippen molar-refractivity contribution in [3.05, 3.63) is 35.6 Å². The first kappa shape index (κ1) is 13.3. The molecular formula is C16H20N6. The minimum atomic E-state index is 0.896. The van der Waals surface area contributed by atoms with Crippen LogP contribution in [0, 0.1) is 0 Å². The lowest BCUT2D eigenvalue weighted by Crippen LogP contribution is -2.54. The number of hydrogen-bond donors (Lipinski definition) is 1. The van der Waals surface area contributed by atoms with Crippen molar-refractivity contribution in [2.45, 2.75) is 6.92 Å². The second-order valence-corrected chi connectivity index (χ2v) is 5.91. The molecule has 6 nitrogen and oxygen atoms in total. The van der Waals surface area contributed by atoms with Crippen molar-refractivity contribution in [2.24, 2.45) is 9.98 Å². The molecular weight excluding hydrogens is 276 g/mol. The highest BCUT2D eigenvalue weighted by Gasteiger charge is 2.30. The van der Waals surface area contributed by atoms with Crippen LogP contribution >= 0.6 is 0 Å². The van der Waals surface area contributed by atoms with Crippen molar-refractivity contribution in [3.8, 4) is 0 Å². The Kier molecular flexibility index (Phi) is 3.11. The fourth-order valence-electron chi connectivity index (χ4n) is 2.94. The van der Waals surface area contributed by atoms with Gasteiger partial charge in [-0.15, -0.1) is 0 Å². The van der Waals surface area contributed by atoms with Gasteiger partial charge in [-0.05, 0) is 26.1 Å². The van der Waals surface area contributed by atoms with E-state index in [1.165, 1.54) is 0 Å². The highest BCUT2D eigenvalue weighted by molar-refractivity contribution is 5.95. The van der Waals surface area contributed by atoms with E-state index in [1.807, 2.05) is 24.1 Å². The molecule has 3 aliphatic rings. The van der Waals surface area contributed by atoms with Crippen LogP contribution in [0.15, 0.2) is 40.1 Å². The molecule has 4 rings (SSSR count). The maximum Gasteiger partial charge on any atom is 0.227 e. The number of piperazine rings is 1. The first-order chi connectivity index (χ1) is 10.7. The molecule has 1 fully saturated rings. The zero-order valence-electron chi connectivity index (χ0n) is 13.0. The third-order valence-corrected chi connectivity index (χ3v) is 4.21. The summed E-state index contributed by atoms with van der Waals surface area (Å²) in [6.07, 6.45) is 2.09. The Labute approximate surface area is 130 Å². The normalized spacial score (nSPS) is 21.3. The van der Waals surface area contributed by atoms with Crippen LogP contribution in [-0.4, -0.2) is 59.8 Å². The van der Waals surface area contributed by atoms with Crippen molar-refractivity contribution in [3.63, 3.8) is 0 Å².